The van der Waals surface area contributed by atoms with Gasteiger partial charge in [-0.05, 0) is 60.1 Å². The SMILES string of the molecule is C[C@@H]1C[C@H](Nc2ccc3cc(C=O)ccc3c2)CC[C@@H]1C. The Morgan fingerprint density at radius 3 is 2.52 bits per heavy atom. The molecule has 0 amide bonds. The first-order valence-corrected chi connectivity index (χ1v) is 7.91. The first-order chi connectivity index (χ1) is 10.2. The summed E-state index contributed by atoms with van der Waals surface area (Å²) in [6, 6.07) is 12.8. The summed E-state index contributed by atoms with van der Waals surface area (Å²) in [6.07, 6.45) is 4.72. The summed E-state index contributed by atoms with van der Waals surface area (Å²) in [5, 5.41) is 5.99. The maximum Gasteiger partial charge on any atom is 0.150 e. The van der Waals surface area contributed by atoms with Gasteiger partial charge in [0.15, 0.2) is 0 Å². The molecular weight excluding hydrogens is 258 g/mol. The molecule has 1 N–H and O–H groups in total. The highest BCUT2D eigenvalue weighted by Gasteiger charge is 2.24. The monoisotopic (exact) mass is 281 g/mol. The van der Waals surface area contributed by atoms with Crippen LogP contribution < -0.4 is 5.32 Å². The minimum Gasteiger partial charge on any atom is -0.382 e. The van der Waals surface area contributed by atoms with Crippen molar-refractivity contribution in [2.75, 3.05) is 5.32 Å². The molecule has 0 unspecified atom stereocenters. The first kappa shape index (κ1) is 14.1. The second-order valence-electron chi connectivity index (χ2n) is 6.55. The van der Waals surface area contributed by atoms with Crippen molar-refractivity contribution in [3.63, 3.8) is 0 Å². The summed E-state index contributed by atoms with van der Waals surface area (Å²) in [5.41, 5.74) is 1.92. The number of benzene rings is 2. The van der Waals surface area contributed by atoms with E-state index in [4.69, 9.17) is 0 Å². The van der Waals surface area contributed by atoms with Gasteiger partial charge in [-0.15, -0.1) is 0 Å². The molecule has 2 aromatic carbocycles. The summed E-state index contributed by atoms with van der Waals surface area (Å²) in [5.74, 6) is 1.65. The molecule has 0 radical (unpaired) electrons. The summed E-state index contributed by atoms with van der Waals surface area (Å²) in [6.45, 7) is 4.72. The number of aldehydes is 1. The molecule has 2 heteroatoms. The molecule has 0 spiro atoms. The molecule has 0 saturated heterocycles. The average molecular weight is 281 g/mol. The zero-order valence-electron chi connectivity index (χ0n) is 12.8. The fourth-order valence-electron chi connectivity index (χ4n) is 3.34. The van der Waals surface area contributed by atoms with Crippen LogP contribution >= 0.6 is 0 Å². The molecule has 0 bridgehead atoms. The Kier molecular flexibility index (Phi) is 3.96. The zero-order chi connectivity index (χ0) is 14.8. The van der Waals surface area contributed by atoms with Crippen molar-refractivity contribution in [1.82, 2.24) is 0 Å². The van der Waals surface area contributed by atoms with Crippen molar-refractivity contribution >= 4 is 22.7 Å². The highest BCUT2D eigenvalue weighted by molar-refractivity contribution is 5.90. The predicted molar refractivity (Wildman–Crippen MR) is 88.9 cm³/mol. The Hall–Kier alpha value is -1.83. The van der Waals surface area contributed by atoms with Crippen LogP contribution in [0, 0.1) is 11.8 Å². The number of carbonyl (C=O) groups excluding carboxylic acids is 1. The van der Waals surface area contributed by atoms with Gasteiger partial charge >= 0.3 is 0 Å². The molecule has 0 heterocycles. The molecule has 21 heavy (non-hydrogen) atoms. The lowest BCUT2D eigenvalue weighted by Crippen LogP contribution is -2.30. The number of hydrogen-bond acceptors (Lipinski definition) is 2. The Balaban J connectivity index is 1.77. The number of rotatable bonds is 3. The van der Waals surface area contributed by atoms with Crippen molar-refractivity contribution in [3.05, 3.63) is 42.0 Å². The Labute approximate surface area is 126 Å². The number of nitrogens with one attached hydrogen (secondary N) is 1. The molecule has 110 valence electrons. The van der Waals surface area contributed by atoms with Gasteiger partial charge in [0, 0.05) is 17.3 Å². The molecular formula is C19H23NO. The maximum atomic E-state index is 10.8. The predicted octanol–water partition coefficient (Wildman–Crippen LogP) is 4.89. The lowest BCUT2D eigenvalue weighted by molar-refractivity contribution is 0.112. The summed E-state index contributed by atoms with van der Waals surface area (Å²) >= 11 is 0. The van der Waals surface area contributed by atoms with Crippen LogP contribution in [-0.4, -0.2) is 12.3 Å². The van der Waals surface area contributed by atoms with E-state index in [9.17, 15) is 4.79 Å². The van der Waals surface area contributed by atoms with Crippen molar-refractivity contribution in [3.8, 4) is 0 Å². The highest BCUT2D eigenvalue weighted by Crippen LogP contribution is 2.31. The van der Waals surface area contributed by atoms with Crippen LogP contribution in [0.2, 0.25) is 0 Å². The second-order valence-corrected chi connectivity index (χ2v) is 6.55. The van der Waals surface area contributed by atoms with Crippen molar-refractivity contribution in [2.24, 2.45) is 11.8 Å². The highest BCUT2D eigenvalue weighted by atomic mass is 16.1. The van der Waals surface area contributed by atoms with Gasteiger partial charge in [0.25, 0.3) is 0 Å². The third-order valence-electron chi connectivity index (χ3n) is 4.97. The quantitative estimate of drug-likeness (QED) is 0.812. The third-order valence-corrected chi connectivity index (χ3v) is 4.97. The van der Waals surface area contributed by atoms with E-state index in [1.165, 1.54) is 30.3 Å². The zero-order valence-corrected chi connectivity index (χ0v) is 12.8. The van der Waals surface area contributed by atoms with E-state index < -0.39 is 0 Å². The molecule has 1 saturated carbocycles. The topological polar surface area (TPSA) is 29.1 Å². The molecule has 1 fully saturated rings. The summed E-state index contributed by atoms with van der Waals surface area (Å²) in [4.78, 5) is 10.8. The Bertz CT molecular complexity index is 649. The smallest absolute Gasteiger partial charge is 0.150 e. The average Bonchev–Trinajstić information content (AvgIpc) is 2.50. The van der Waals surface area contributed by atoms with Gasteiger partial charge in [-0.25, -0.2) is 0 Å². The van der Waals surface area contributed by atoms with Crippen molar-refractivity contribution in [1.29, 1.82) is 0 Å². The van der Waals surface area contributed by atoms with Crippen molar-refractivity contribution in [2.45, 2.75) is 39.2 Å². The van der Waals surface area contributed by atoms with E-state index in [2.05, 4.69) is 37.4 Å². The first-order valence-electron chi connectivity index (χ1n) is 7.91. The van der Waals surface area contributed by atoms with Gasteiger partial charge in [0.2, 0.25) is 0 Å². The molecule has 1 aliphatic rings. The molecule has 1 aliphatic carbocycles. The van der Waals surface area contributed by atoms with E-state index in [-0.39, 0.29) is 0 Å². The minimum atomic E-state index is 0.586. The van der Waals surface area contributed by atoms with Gasteiger partial charge in [-0.1, -0.05) is 32.0 Å². The third kappa shape index (κ3) is 3.10. The van der Waals surface area contributed by atoms with Crippen LogP contribution in [0.15, 0.2) is 36.4 Å². The summed E-state index contributed by atoms with van der Waals surface area (Å²) in [7, 11) is 0. The molecule has 0 aromatic heterocycles. The normalized spacial score (nSPS) is 25.7. The maximum absolute atomic E-state index is 10.8. The van der Waals surface area contributed by atoms with Crippen LogP contribution in [0.25, 0.3) is 10.8 Å². The number of anilines is 1. The number of fused-ring (bicyclic) bond motifs is 1. The van der Waals surface area contributed by atoms with E-state index in [1.54, 1.807) is 0 Å². The van der Waals surface area contributed by atoms with E-state index in [0.717, 1.165) is 29.1 Å². The largest absolute Gasteiger partial charge is 0.382 e. The Morgan fingerprint density at radius 2 is 1.76 bits per heavy atom. The van der Waals surface area contributed by atoms with Crippen LogP contribution in [0.3, 0.4) is 0 Å². The number of hydrogen-bond donors (Lipinski definition) is 1. The fraction of sp³-hybridized carbons (Fsp3) is 0.421. The van der Waals surface area contributed by atoms with Gasteiger partial charge < -0.3 is 5.32 Å². The van der Waals surface area contributed by atoms with Gasteiger partial charge in [-0.2, -0.15) is 0 Å². The van der Waals surface area contributed by atoms with E-state index in [0.29, 0.717) is 6.04 Å². The van der Waals surface area contributed by atoms with E-state index in [1.807, 2.05) is 18.2 Å². The van der Waals surface area contributed by atoms with Crippen LogP contribution in [-0.2, 0) is 0 Å². The molecule has 3 rings (SSSR count). The van der Waals surface area contributed by atoms with Gasteiger partial charge in [-0.3, -0.25) is 4.79 Å². The van der Waals surface area contributed by atoms with Gasteiger partial charge in [0.1, 0.15) is 6.29 Å². The lowest BCUT2D eigenvalue weighted by atomic mass is 9.79. The minimum absolute atomic E-state index is 0.586. The number of carbonyl (C=O) groups is 1. The van der Waals surface area contributed by atoms with Crippen molar-refractivity contribution < 1.29 is 4.79 Å². The molecule has 2 nitrogen and oxygen atoms in total. The van der Waals surface area contributed by atoms with Crippen LogP contribution in [0.5, 0.6) is 0 Å². The second kappa shape index (κ2) is 5.88. The molecule has 0 aliphatic heterocycles. The van der Waals surface area contributed by atoms with Crippen LogP contribution in [0.4, 0.5) is 5.69 Å². The lowest BCUT2D eigenvalue weighted by Gasteiger charge is -2.33. The Morgan fingerprint density at radius 1 is 1.00 bits per heavy atom. The standard InChI is InChI=1S/C19H23NO/c1-13-3-7-18(9-14(13)2)20-19-8-6-16-10-15(12-21)4-5-17(16)11-19/h4-6,8,10-14,18,20H,3,7,9H2,1-2H3/t13-,14+,18+/m0/s1. The van der Waals surface area contributed by atoms with Crippen LogP contribution in [0.1, 0.15) is 43.5 Å². The summed E-state index contributed by atoms with van der Waals surface area (Å²) < 4.78 is 0. The fourth-order valence-corrected chi connectivity index (χ4v) is 3.34. The van der Waals surface area contributed by atoms with E-state index >= 15 is 0 Å². The van der Waals surface area contributed by atoms with Gasteiger partial charge in [0.05, 0.1) is 0 Å². The molecule has 2 aromatic rings. The molecule has 3 atom stereocenters.